The summed E-state index contributed by atoms with van der Waals surface area (Å²) in [6, 6.07) is 10.1. The maximum atomic E-state index is 5.90. The van der Waals surface area contributed by atoms with Crippen molar-refractivity contribution in [3.05, 3.63) is 35.9 Å². The third-order valence-corrected chi connectivity index (χ3v) is 6.52. The molecule has 1 atom stereocenters. The van der Waals surface area contributed by atoms with Crippen molar-refractivity contribution in [2.45, 2.75) is 33.2 Å². The van der Waals surface area contributed by atoms with E-state index in [2.05, 4.69) is 11.9 Å². The van der Waals surface area contributed by atoms with Crippen LogP contribution >= 0.6 is 0 Å². The van der Waals surface area contributed by atoms with Crippen LogP contribution in [0.2, 0.25) is 5.54 Å². The molecule has 4 nitrogen and oxygen atoms in total. The minimum absolute atomic E-state index is 0.136. The summed E-state index contributed by atoms with van der Waals surface area (Å²) in [6.45, 7) is 10.4. The highest BCUT2D eigenvalue weighted by molar-refractivity contribution is 6.62. The van der Waals surface area contributed by atoms with Crippen LogP contribution in [0.25, 0.3) is 0 Å². The Kier molecular flexibility index (Phi) is 8.45. The third-order valence-electron chi connectivity index (χ3n) is 3.06. The predicted octanol–water partition coefficient (Wildman–Crippen LogP) is 3.54. The van der Waals surface area contributed by atoms with Gasteiger partial charge in [0, 0.05) is 38.1 Å². The minimum atomic E-state index is -2.65. The van der Waals surface area contributed by atoms with Gasteiger partial charge in [-0.3, -0.25) is 4.99 Å². The fraction of sp³-hybridized carbons (Fsp3) is 0.562. The van der Waals surface area contributed by atoms with Gasteiger partial charge in [-0.2, -0.15) is 0 Å². The summed E-state index contributed by atoms with van der Waals surface area (Å²) >= 11 is 0. The van der Waals surface area contributed by atoms with E-state index in [4.69, 9.17) is 13.3 Å². The maximum Gasteiger partial charge on any atom is 0.505 e. The van der Waals surface area contributed by atoms with Gasteiger partial charge in [-0.05, 0) is 26.3 Å². The number of hydrogen-bond acceptors (Lipinski definition) is 4. The van der Waals surface area contributed by atoms with Crippen LogP contribution in [0.3, 0.4) is 0 Å². The molecule has 1 unspecified atom stereocenters. The maximum absolute atomic E-state index is 5.90. The van der Waals surface area contributed by atoms with Gasteiger partial charge in [0.2, 0.25) is 0 Å². The van der Waals surface area contributed by atoms with Crippen LogP contribution in [-0.4, -0.2) is 41.4 Å². The zero-order valence-electron chi connectivity index (χ0n) is 13.5. The van der Waals surface area contributed by atoms with Crippen molar-refractivity contribution < 1.29 is 13.3 Å². The zero-order valence-corrected chi connectivity index (χ0v) is 14.5. The fourth-order valence-corrected chi connectivity index (χ4v) is 4.76. The van der Waals surface area contributed by atoms with Gasteiger partial charge in [0.25, 0.3) is 0 Å². The molecule has 0 aliphatic heterocycles. The zero-order chi connectivity index (χ0) is 15.6. The quantitative estimate of drug-likeness (QED) is 0.490. The summed E-state index contributed by atoms with van der Waals surface area (Å²) in [7, 11) is -2.65. The van der Waals surface area contributed by atoms with E-state index in [1.807, 2.05) is 57.3 Å². The second kappa shape index (κ2) is 9.84. The number of nitrogens with zero attached hydrogens (tertiary/aromatic N) is 1. The van der Waals surface area contributed by atoms with Crippen LogP contribution in [0.5, 0.6) is 0 Å². The lowest BCUT2D eigenvalue weighted by Crippen LogP contribution is -2.50. The molecule has 5 heteroatoms. The summed E-state index contributed by atoms with van der Waals surface area (Å²) in [6.07, 6.45) is 1.89. The highest BCUT2D eigenvalue weighted by Gasteiger charge is 2.46. The highest BCUT2D eigenvalue weighted by Crippen LogP contribution is 2.26. The Morgan fingerprint density at radius 3 is 2.00 bits per heavy atom. The monoisotopic (exact) mass is 309 g/mol. The van der Waals surface area contributed by atoms with Crippen molar-refractivity contribution in [3.8, 4) is 0 Å². The molecular formula is C16H27NO3Si. The topological polar surface area (TPSA) is 40.0 Å². The van der Waals surface area contributed by atoms with Gasteiger partial charge in [0.05, 0.1) is 0 Å². The van der Waals surface area contributed by atoms with Gasteiger partial charge < -0.3 is 13.3 Å². The Morgan fingerprint density at radius 1 is 1.00 bits per heavy atom. The van der Waals surface area contributed by atoms with Crippen molar-refractivity contribution in [1.29, 1.82) is 0 Å². The minimum Gasteiger partial charge on any atom is -0.374 e. The molecule has 0 spiro atoms. The van der Waals surface area contributed by atoms with Crippen molar-refractivity contribution in [2.24, 2.45) is 4.99 Å². The van der Waals surface area contributed by atoms with E-state index in [1.165, 1.54) is 0 Å². The fourth-order valence-electron chi connectivity index (χ4n) is 2.12. The lowest BCUT2D eigenvalue weighted by molar-refractivity contribution is 0.0633. The molecule has 0 bridgehead atoms. The Morgan fingerprint density at radius 2 is 1.52 bits per heavy atom. The molecule has 0 radical (unpaired) electrons. The smallest absolute Gasteiger partial charge is 0.374 e. The average molecular weight is 309 g/mol. The van der Waals surface area contributed by atoms with Crippen molar-refractivity contribution in [3.63, 3.8) is 0 Å². The normalized spacial score (nSPS) is 13.7. The first-order chi connectivity index (χ1) is 10.2. The molecule has 0 saturated heterocycles. The number of benzene rings is 1. The average Bonchev–Trinajstić information content (AvgIpc) is 2.49. The number of rotatable bonds is 10. The Balaban J connectivity index is 2.71. The van der Waals surface area contributed by atoms with E-state index in [-0.39, 0.29) is 5.54 Å². The Labute approximate surface area is 129 Å². The molecule has 0 fully saturated rings. The molecule has 0 aliphatic rings. The van der Waals surface area contributed by atoms with Crippen LogP contribution < -0.4 is 0 Å². The second-order valence-electron chi connectivity index (χ2n) is 4.71. The van der Waals surface area contributed by atoms with Gasteiger partial charge in [0.15, 0.2) is 0 Å². The first-order valence-corrected chi connectivity index (χ1v) is 9.45. The molecule has 1 rings (SSSR count). The summed E-state index contributed by atoms with van der Waals surface area (Å²) < 4.78 is 17.7. The van der Waals surface area contributed by atoms with Gasteiger partial charge >= 0.3 is 8.80 Å². The molecule has 118 valence electrons. The van der Waals surface area contributed by atoms with Crippen molar-refractivity contribution in [1.82, 2.24) is 0 Å². The van der Waals surface area contributed by atoms with Crippen molar-refractivity contribution >= 4 is 15.0 Å². The molecular weight excluding hydrogens is 282 g/mol. The molecule has 0 amide bonds. The first kappa shape index (κ1) is 18.0. The summed E-state index contributed by atoms with van der Waals surface area (Å²) in [5.41, 5.74) is 1.23. The molecule has 0 N–H and O–H groups in total. The largest absolute Gasteiger partial charge is 0.505 e. The summed E-state index contributed by atoms with van der Waals surface area (Å²) in [4.78, 5) is 4.52. The van der Waals surface area contributed by atoms with Gasteiger partial charge in [-0.15, -0.1) is 0 Å². The summed E-state index contributed by atoms with van der Waals surface area (Å²) in [5.74, 6) is 0. The second-order valence-corrected chi connectivity index (χ2v) is 7.77. The van der Waals surface area contributed by atoms with Crippen LogP contribution in [0.15, 0.2) is 35.3 Å². The molecule has 0 saturated carbocycles. The van der Waals surface area contributed by atoms with E-state index in [9.17, 15) is 0 Å². The van der Waals surface area contributed by atoms with E-state index in [0.717, 1.165) is 5.56 Å². The van der Waals surface area contributed by atoms with Gasteiger partial charge in [0.1, 0.15) is 0 Å². The van der Waals surface area contributed by atoms with E-state index in [1.54, 1.807) is 0 Å². The van der Waals surface area contributed by atoms with E-state index in [0.29, 0.717) is 26.4 Å². The Bertz CT molecular complexity index is 394. The van der Waals surface area contributed by atoms with Gasteiger partial charge in [-0.1, -0.05) is 37.3 Å². The molecule has 21 heavy (non-hydrogen) atoms. The number of aliphatic imine (C=N–C) groups is 1. The Hall–Kier alpha value is -1.01. The van der Waals surface area contributed by atoms with Crippen LogP contribution in [0, 0.1) is 0 Å². The van der Waals surface area contributed by atoms with E-state index >= 15 is 0 Å². The van der Waals surface area contributed by atoms with Crippen molar-refractivity contribution in [2.75, 3.05) is 26.4 Å². The lowest BCUT2D eigenvalue weighted by atomic mass is 10.2. The SMILES string of the molecule is CCO[Si](OCC)(OCC)C(C)CN=Cc1ccccc1. The van der Waals surface area contributed by atoms with Gasteiger partial charge in [-0.25, -0.2) is 0 Å². The molecule has 0 aliphatic carbocycles. The summed E-state index contributed by atoms with van der Waals surface area (Å²) in [5, 5.41) is 0. The van der Waals surface area contributed by atoms with Crippen LogP contribution in [0.4, 0.5) is 0 Å². The lowest BCUT2D eigenvalue weighted by Gasteiger charge is -2.32. The number of hydrogen-bond donors (Lipinski definition) is 0. The highest BCUT2D eigenvalue weighted by atomic mass is 28.4. The standard InChI is InChI=1S/C16H27NO3Si/c1-5-18-21(19-6-2,20-7-3)15(4)13-17-14-16-11-9-8-10-12-16/h8-12,14-15H,5-7,13H2,1-4H3. The van der Waals surface area contributed by atoms with E-state index < -0.39 is 8.80 Å². The molecule has 1 aromatic rings. The molecule has 0 heterocycles. The van der Waals surface area contributed by atoms with Crippen LogP contribution in [0.1, 0.15) is 33.3 Å². The molecule has 0 aromatic heterocycles. The van der Waals surface area contributed by atoms with Crippen LogP contribution in [-0.2, 0) is 13.3 Å². The molecule has 1 aromatic carbocycles. The predicted molar refractivity (Wildman–Crippen MR) is 89.0 cm³/mol. The first-order valence-electron chi connectivity index (χ1n) is 7.65. The third kappa shape index (κ3) is 5.71.